The molecule has 0 radical (unpaired) electrons. The number of nitrogens with zero attached hydrogens (tertiary/aromatic N) is 3. The molecule has 2 heterocycles. The summed E-state index contributed by atoms with van der Waals surface area (Å²) in [5, 5.41) is 20.3. The van der Waals surface area contributed by atoms with Crippen molar-refractivity contribution in [2.24, 2.45) is 0 Å². The van der Waals surface area contributed by atoms with Crippen LogP contribution in [0.5, 0.6) is 0 Å². The molecular formula is C22H17ClIN3O3S2. The van der Waals surface area contributed by atoms with Gasteiger partial charge in [-0.1, -0.05) is 65.9 Å². The van der Waals surface area contributed by atoms with E-state index in [0.29, 0.717) is 21.3 Å². The molecule has 0 aliphatic carbocycles. The van der Waals surface area contributed by atoms with Crippen molar-refractivity contribution >= 4 is 79.9 Å². The molecule has 0 bridgehead atoms. The lowest BCUT2D eigenvalue weighted by Crippen LogP contribution is -2.29. The minimum atomic E-state index is -0.844. The highest BCUT2D eigenvalue weighted by atomic mass is 127. The number of hydrogen-bond donors (Lipinski definition) is 1. The van der Waals surface area contributed by atoms with Crippen molar-refractivity contribution in [1.29, 1.82) is 0 Å². The quantitative estimate of drug-likeness (QED) is 0.0948. The van der Waals surface area contributed by atoms with Gasteiger partial charge in [-0.25, -0.2) is 0 Å². The van der Waals surface area contributed by atoms with Crippen molar-refractivity contribution in [2.75, 3.05) is 10.7 Å². The lowest BCUT2D eigenvalue weighted by Gasteiger charge is -2.22. The fourth-order valence-corrected chi connectivity index (χ4v) is 5.58. The number of ketones is 1. The normalized spacial score (nSPS) is 17.8. The molecule has 164 valence electrons. The first-order chi connectivity index (χ1) is 15.4. The minimum absolute atomic E-state index is 0.0106. The highest BCUT2D eigenvalue weighted by Crippen LogP contribution is 2.44. The number of Topliss-reactive ketones (excluding diaryl/α,β-unsaturated/α-hetero) is 1. The topological polar surface area (TPSA) is 83.4 Å². The first kappa shape index (κ1) is 23.2. The molecule has 32 heavy (non-hydrogen) atoms. The summed E-state index contributed by atoms with van der Waals surface area (Å²) in [6.45, 7) is 2.07. The maximum Gasteiger partial charge on any atom is 0.301 e. The van der Waals surface area contributed by atoms with Gasteiger partial charge in [-0.2, -0.15) is 0 Å². The van der Waals surface area contributed by atoms with Crippen LogP contribution in [0.2, 0.25) is 5.02 Å². The van der Waals surface area contributed by atoms with Crippen LogP contribution in [0.4, 0.5) is 5.13 Å². The molecule has 1 N–H and O–H groups in total. The van der Waals surface area contributed by atoms with Crippen LogP contribution in [0.25, 0.3) is 5.76 Å². The van der Waals surface area contributed by atoms with E-state index in [-0.39, 0.29) is 11.3 Å². The van der Waals surface area contributed by atoms with Gasteiger partial charge in [0.15, 0.2) is 4.34 Å². The molecule has 1 unspecified atom stereocenters. The molecule has 3 aromatic rings. The van der Waals surface area contributed by atoms with Gasteiger partial charge in [-0.05, 0) is 58.8 Å². The molecule has 0 saturated carbocycles. The first-order valence-electron chi connectivity index (χ1n) is 9.69. The molecule has 1 aromatic heterocycles. The molecule has 1 amide bonds. The summed E-state index contributed by atoms with van der Waals surface area (Å²) in [4.78, 5) is 27.5. The number of carbonyl (C=O) groups excluding carboxylic acids is 2. The van der Waals surface area contributed by atoms with E-state index in [0.717, 1.165) is 20.1 Å². The molecule has 1 aliphatic heterocycles. The maximum atomic E-state index is 13.1. The fraction of sp³-hybridized carbons (Fsp3) is 0.182. The number of halogens is 2. The third-order valence-electron chi connectivity index (χ3n) is 4.78. The third-order valence-corrected chi connectivity index (χ3v) is 8.01. The lowest BCUT2D eigenvalue weighted by atomic mass is 9.95. The van der Waals surface area contributed by atoms with E-state index in [9.17, 15) is 14.7 Å². The van der Waals surface area contributed by atoms with Gasteiger partial charge < -0.3 is 5.11 Å². The molecule has 6 nitrogen and oxygen atoms in total. The number of carbonyl (C=O) groups is 2. The Labute approximate surface area is 211 Å². The van der Waals surface area contributed by atoms with Crippen LogP contribution in [0.1, 0.15) is 30.5 Å². The summed E-state index contributed by atoms with van der Waals surface area (Å²) < 4.78 is 1.70. The first-order valence-corrected chi connectivity index (χ1v) is 12.9. The Balaban J connectivity index is 1.86. The summed E-state index contributed by atoms with van der Waals surface area (Å²) in [6.07, 6.45) is 0.977. The van der Waals surface area contributed by atoms with Crippen molar-refractivity contribution in [3.63, 3.8) is 0 Å². The van der Waals surface area contributed by atoms with Crippen molar-refractivity contribution in [2.45, 2.75) is 23.7 Å². The summed E-state index contributed by atoms with van der Waals surface area (Å²) in [5.41, 5.74) is 1.11. The van der Waals surface area contributed by atoms with Gasteiger partial charge in [0, 0.05) is 19.9 Å². The van der Waals surface area contributed by atoms with Crippen LogP contribution in [-0.2, 0) is 9.59 Å². The van der Waals surface area contributed by atoms with Crippen LogP contribution in [0, 0.1) is 3.57 Å². The van der Waals surface area contributed by atoms with Crippen LogP contribution < -0.4 is 4.90 Å². The second kappa shape index (κ2) is 9.90. The van der Waals surface area contributed by atoms with Crippen LogP contribution in [0.3, 0.4) is 0 Å². The number of benzene rings is 2. The number of aliphatic hydroxyl groups is 1. The number of anilines is 1. The van der Waals surface area contributed by atoms with Crippen LogP contribution in [0.15, 0.2) is 58.4 Å². The van der Waals surface area contributed by atoms with Gasteiger partial charge in [-0.15, -0.1) is 10.2 Å². The van der Waals surface area contributed by atoms with Gasteiger partial charge in [0.25, 0.3) is 5.78 Å². The molecule has 10 heteroatoms. The van der Waals surface area contributed by atoms with E-state index < -0.39 is 17.7 Å². The maximum absolute atomic E-state index is 13.1. The van der Waals surface area contributed by atoms with Gasteiger partial charge >= 0.3 is 5.91 Å². The fourth-order valence-electron chi connectivity index (χ4n) is 3.30. The van der Waals surface area contributed by atoms with E-state index in [2.05, 4.69) is 39.7 Å². The van der Waals surface area contributed by atoms with E-state index in [1.165, 1.54) is 16.2 Å². The summed E-state index contributed by atoms with van der Waals surface area (Å²) in [5.74, 6) is -0.868. The minimum Gasteiger partial charge on any atom is -0.507 e. The Morgan fingerprint density at radius 3 is 2.50 bits per heavy atom. The van der Waals surface area contributed by atoms with E-state index >= 15 is 0 Å². The molecule has 1 atom stereocenters. The number of thioether (sulfide) groups is 1. The molecule has 4 rings (SSSR count). The Bertz CT molecular complexity index is 1200. The average molecular weight is 598 g/mol. The summed E-state index contributed by atoms with van der Waals surface area (Å²) in [6, 6.07) is 13.1. The highest BCUT2D eigenvalue weighted by molar-refractivity contribution is 14.1. The van der Waals surface area contributed by atoms with Crippen molar-refractivity contribution in [3.8, 4) is 0 Å². The number of aliphatic hydroxyl groups excluding tert-OH is 1. The van der Waals surface area contributed by atoms with Crippen LogP contribution in [-0.4, -0.2) is 32.7 Å². The molecule has 1 saturated heterocycles. The zero-order chi connectivity index (χ0) is 22.8. The number of hydrogen-bond acceptors (Lipinski definition) is 7. The molecular weight excluding hydrogens is 581 g/mol. The number of rotatable bonds is 6. The largest absolute Gasteiger partial charge is 0.507 e. The standard InChI is InChI=1S/C22H17ClIN3O3S2/c1-2-11-31-22-26-25-21(32-22)27-17(12-3-7-14(23)8-4-12)16(19(29)20(27)30)18(28)13-5-9-15(24)10-6-13/h3-10,17,28H,2,11H2,1H3/b18-16+. The zero-order valence-electron chi connectivity index (χ0n) is 16.8. The molecule has 0 spiro atoms. The zero-order valence-corrected chi connectivity index (χ0v) is 21.3. The lowest BCUT2D eigenvalue weighted by molar-refractivity contribution is -0.132. The van der Waals surface area contributed by atoms with E-state index in [1.54, 1.807) is 48.2 Å². The number of amides is 1. The van der Waals surface area contributed by atoms with Gasteiger partial charge in [-0.3, -0.25) is 14.5 Å². The van der Waals surface area contributed by atoms with E-state index in [1.807, 2.05) is 12.1 Å². The molecule has 2 aromatic carbocycles. The molecule has 1 aliphatic rings. The monoisotopic (exact) mass is 597 g/mol. The predicted molar refractivity (Wildman–Crippen MR) is 136 cm³/mol. The second-order valence-electron chi connectivity index (χ2n) is 6.93. The van der Waals surface area contributed by atoms with Crippen molar-refractivity contribution < 1.29 is 14.7 Å². The Morgan fingerprint density at radius 1 is 1.16 bits per heavy atom. The number of aromatic nitrogens is 2. The molecule has 1 fully saturated rings. The van der Waals surface area contributed by atoms with Gasteiger partial charge in [0.05, 0.1) is 11.6 Å². The second-order valence-corrected chi connectivity index (χ2v) is 10.9. The van der Waals surface area contributed by atoms with E-state index in [4.69, 9.17) is 11.6 Å². The third kappa shape index (κ3) is 4.57. The van der Waals surface area contributed by atoms with Gasteiger partial charge in [0.1, 0.15) is 5.76 Å². The summed E-state index contributed by atoms with van der Waals surface area (Å²) >= 11 is 11.0. The van der Waals surface area contributed by atoms with Crippen molar-refractivity contribution in [1.82, 2.24) is 10.2 Å². The van der Waals surface area contributed by atoms with Crippen LogP contribution >= 0.6 is 57.3 Å². The Morgan fingerprint density at radius 2 is 1.84 bits per heavy atom. The Kier molecular flexibility index (Phi) is 7.18. The smallest absolute Gasteiger partial charge is 0.301 e. The van der Waals surface area contributed by atoms with Gasteiger partial charge in [0.2, 0.25) is 5.13 Å². The highest BCUT2D eigenvalue weighted by Gasteiger charge is 2.48. The van der Waals surface area contributed by atoms with Crippen molar-refractivity contribution in [3.05, 3.63) is 73.8 Å². The predicted octanol–water partition coefficient (Wildman–Crippen LogP) is 5.92. The Hall–Kier alpha value is -1.95. The average Bonchev–Trinajstić information content (AvgIpc) is 3.35. The SMILES string of the molecule is CCCSc1nnc(N2C(=O)C(=O)/C(=C(/O)c3ccc(I)cc3)C2c2ccc(Cl)cc2)s1. The summed E-state index contributed by atoms with van der Waals surface area (Å²) in [7, 11) is 0.